The third-order valence-corrected chi connectivity index (χ3v) is 6.33. The topological polar surface area (TPSA) is 125 Å². The zero-order valence-electron chi connectivity index (χ0n) is 14.4. The van der Waals surface area contributed by atoms with Crippen molar-refractivity contribution in [2.75, 3.05) is 12.9 Å². The summed E-state index contributed by atoms with van der Waals surface area (Å²) in [4.78, 5) is 15.8. The van der Waals surface area contributed by atoms with Crippen molar-refractivity contribution in [3.05, 3.63) is 64.7 Å². The Balaban J connectivity index is 2.28. The van der Waals surface area contributed by atoms with E-state index in [1.54, 1.807) is 13.0 Å². The molecule has 0 saturated heterocycles. The van der Waals surface area contributed by atoms with Gasteiger partial charge in [0.2, 0.25) is 0 Å². The molecule has 1 aliphatic rings. The largest absolute Gasteiger partial charge is 0.370 e. The quantitative estimate of drug-likeness (QED) is 0.613. The molecule has 1 aliphatic heterocycles. The number of rotatable bonds is 3. The fourth-order valence-corrected chi connectivity index (χ4v) is 5.31. The molecule has 3 rings (SSSR count). The van der Waals surface area contributed by atoms with Gasteiger partial charge in [-0.15, -0.1) is 0 Å². The van der Waals surface area contributed by atoms with Gasteiger partial charge >= 0.3 is 0 Å². The number of aliphatic imine (C=N–C) groups is 1. The van der Waals surface area contributed by atoms with Crippen LogP contribution in [-0.4, -0.2) is 33.1 Å². The lowest BCUT2D eigenvalue weighted by atomic mass is 9.86. The zero-order valence-corrected chi connectivity index (χ0v) is 15.2. The molecule has 136 valence electrons. The number of aryl methyl sites for hydroxylation is 1. The van der Waals surface area contributed by atoms with Crippen LogP contribution in [0.5, 0.6) is 0 Å². The molecule has 0 radical (unpaired) electrons. The number of hydrogen-bond donors (Lipinski definition) is 2. The van der Waals surface area contributed by atoms with E-state index in [9.17, 15) is 13.2 Å². The maximum Gasteiger partial charge on any atom is 0.280 e. The summed E-state index contributed by atoms with van der Waals surface area (Å²) in [6, 6.07) is 12.1. The Morgan fingerprint density at radius 1 is 1.19 bits per heavy atom. The van der Waals surface area contributed by atoms with Crippen LogP contribution < -0.4 is 11.5 Å². The van der Waals surface area contributed by atoms with Crippen LogP contribution in [0, 0.1) is 6.92 Å². The fraction of sp³-hybridized carbons (Fsp3) is 0.222. The van der Waals surface area contributed by atoms with Crippen molar-refractivity contribution in [2.24, 2.45) is 16.5 Å². The molecular weight excluding hydrogens is 354 g/mol. The first kappa shape index (κ1) is 18.1. The molecule has 2 aromatic carbocycles. The summed E-state index contributed by atoms with van der Waals surface area (Å²) < 4.78 is 31.4. The van der Waals surface area contributed by atoms with Crippen molar-refractivity contribution >= 4 is 21.7 Å². The van der Waals surface area contributed by atoms with Gasteiger partial charge in [-0.1, -0.05) is 36.4 Å². The summed E-state index contributed by atoms with van der Waals surface area (Å²) >= 11 is 0. The van der Waals surface area contributed by atoms with E-state index >= 15 is 0 Å². The lowest BCUT2D eigenvalue weighted by molar-refractivity contribution is 0.0436. The molecule has 1 heterocycles. The van der Waals surface area contributed by atoms with E-state index in [-0.39, 0.29) is 22.2 Å². The average Bonchev–Trinajstić information content (AvgIpc) is 2.81. The van der Waals surface area contributed by atoms with E-state index in [1.807, 2.05) is 30.3 Å². The lowest BCUT2D eigenvalue weighted by Gasteiger charge is -2.28. The molecule has 7 nitrogen and oxygen atoms in total. The van der Waals surface area contributed by atoms with E-state index < -0.39 is 21.3 Å². The van der Waals surface area contributed by atoms with Crippen molar-refractivity contribution in [3.8, 4) is 0 Å². The SMILES string of the molecule is COC1(c2ccccc2)CS(=O)(=O)c2cc(C(=O)N=C(N)N)c(C)cc21. The second-order valence-electron chi connectivity index (χ2n) is 6.16. The van der Waals surface area contributed by atoms with Crippen molar-refractivity contribution in [1.82, 2.24) is 0 Å². The molecule has 0 fully saturated rings. The predicted molar refractivity (Wildman–Crippen MR) is 97.6 cm³/mol. The number of fused-ring (bicyclic) bond motifs is 1. The molecule has 2 aromatic rings. The van der Waals surface area contributed by atoms with E-state index in [0.717, 1.165) is 5.56 Å². The van der Waals surface area contributed by atoms with Crippen molar-refractivity contribution in [1.29, 1.82) is 0 Å². The van der Waals surface area contributed by atoms with Crippen LogP contribution in [0.4, 0.5) is 0 Å². The predicted octanol–water partition coefficient (Wildman–Crippen LogP) is 1.09. The van der Waals surface area contributed by atoms with E-state index in [2.05, 4.69) is 4.99 Å². The third-order valence-electron chi connectivity index (χ3n) is 4.54. The number of ether oxygens (including phenoxy) is 1. The number of carbonyl (C=O) groups excluding carboxylic acids is 1. The van der Waals surface area contributed by atoms with Gasteiger partial charge in [-0.25, -0.2) is 8.42 Å². The van der Waals surface area contributed by atoms with Gasteiger partial charge in [0.15, 0.2) is 15.8 Å². The first-order valence-corrected chi connectivity index (χ1v) is 9.49. The summed E-state index contributed by atoms with van der Waals surface area (Å²) in [7, 11) is -2.19. The molecule has 0 aliphatic carbocycles. The van der Waals surface area contributed by atoms with Gasteiger partial charge in [0.25, 0.3) is 5.91 Å². The van der Waals surface area contributed by atoms with Gasteiger partial charge in [0, 0.05) is 18.2 Å². The smallest absolute Gasteiger partial charge is 0.280 e. The lowest BCUT2D eigenvalue weighted by Crippen LogP contribution is -2.32. The van der Waals surface area contributed by atoms with Crippen LogP contribution >= 0.6 is 0 Å². The second-order valence-corrected chi connectivity index (χ2v) is 8.12. The number of nitrogens with zero attached hydrogens (tertiary/aromatic N) is 1. The molecule has 0 spiro atoms. The highest BCUT2D eigenvalue weighted by atomic mass is 32.2. The normalized spacial score (nSPS) is 20.4. The fourth-order valence-electron chi connectivity index (χ4n) is 3.32. The van der Waals surface area contributed by atoms with Gasteiger partial charge in [-0.2, -0.15) is 4.99 Å². The number of carbonyl (C=O) groups is 1. The Hall–Kier alpha value is -2.71. The summed E-state index contributed by atoms with van der Waals surface area (Å²) in [6.07, 6.45) is 0. The van der Waals surface area contributed by atoms with Crippen LogP contribution in [0.1, 0.15) is 27.0 Å². The molecule has 0 aromatic heterocycles. The minimum Gasteiger partial charge on any atom is -0.370 e. The maximum absolute atomic E-state index is 12.8. The van der Waals surface area contributed by atoms with E-state index in [4.69, 9.17) is 16.2 Å². The minimum atomic E-state index is -3.66. The molecule has 1 atom stereocenters. The Morgan fingerprint density at radius 2 is 1.85 bits per heavy atom. The van der Waals surface area contributed by atoms with Crippen LogP contribution in [0.15, 0.2) is 52.4 Å². The molecule has 8 heteroatoms. The monoisotopic (exact) mass is 373 g/mol. The van der Waals surface area contributed by atoms with Crippen LogP contribution in [-0.2, 0) is 20.2 Å². The average molecular weight is 373 g/mol. The van der Waals surface area contributed by atoms with Gasteiger partial charge in [-0.3, -0.25) is 4.79 Å². The molecule has 26 heavy (non-hydrogen) atoms. The molecule has 4 N–H and O–H groups in total. The number of sulfone groups is 1. The zero-order chi connectivity index (χ0) is 19.1. The highest BCUT2D eigenvalue weighted by Crippen LogP contribution is 2.46. The van der Waals surface area contributed by atoms with E-state index in [0.29, 0.717) is 11.1 Å². The molecule has 0 saturated carbocycles. The molecule has 1 unspecified atom stereocenters. The second kappa shape index (κ2) is 6.22. The Bertz CT molecular complexity index is 1010. The van der Waals surface area contributed by atoms with Crippen LogP contribution in [0.2, 0.25) is 0 Å². The van der Waals surface area contributed by atoms with Crippen molar-refractivity contribution in [3.63, 3.8) is 0 Å². The van der Waals surface area contributed by atoms with E-state index in [1.165, 1.54) is 13.2 Å². The number of guanidine groups is 1. The number of methoxy groups -OCH3 is 1. The van der Waals surface area contributed by atoms with Crippen molar-refractivity contribution in [2.45, 2.75) is 17.4 Å². The number of amides is 1. The highest BCUT2D eigenvalue weighted by molar-refractivity contribution is 7.91. The Kier molecular flexibility index (Phi) is 4.33. The van der Waals surface area contributed by atoms with Gasteiger partial charge in [-0.05, 0) is 24.1 Å². The summed E-state index contributed by atoms with van der Waals surface area (Å²) in [5, 5.41) is 0. The summed E-state index contributed by atoms with van der Waals surface area (Å²) in [5.41, 5.74) is 11.3. The number of hydrogen-bond acceptors (Lipinski definition) is 4. The molecule has 1 amide bonds. The first-order chi connectivity index (χ1) is 12.2. The van der Waals surface area contributed by atoms with Gasteiger partial charge < -0.3 is 16.2 Å². The standard InChI is InChI=1S/C18H19N3O4S/c1-11-8-14-15(9-13(11)16(22)21-17(19)20)26(23,24)10-18(14,25-2)12-6-4-3-5-7-12/h3-9H,10H2,1-2H3,(H4,19,20,21,22). The number of benzene rings is 2. The summed E-state index contributed by atoms with van der Waals surface area (Å²) in [5.74, 6) is -1.31. The Labute approximate surface area is 151 Å². The highest BCUT2D eigenvalue weighted by Gasteiger charge is 2.49. The van der Waals surface area contributed by atoms with Gasteiger partial charge in [0.05, 0.1) is 10.6 Å². The van der Waals surface area contributed by atoms with Gasteiger partial charge in [0.1, 0.15) is 5.60 Å². The number of nitrogens with two attached hydrogens (primary N) is 2. The minimum absolute atomic E-state index is 0.0583. The molecule has 0 bridgehead atoms. The van der Waals surface area contributed by atoms with Crippen LogP contribution in [0.25, 0.3) is 0 Å². The van der Waals surface area contributed by atoms with Crippen molar-refractivity contribution < 1.29 is 17.9 Å². The first-order valence-electron chi connectivity index (χ1n) is 7.84. The Morgan fingerprint density at radius 3 is 2.42 bits per heavy atom. The summed E-state index contributed by atoms with van der Waals surface area (Å²) in [6.45, 7) is 1.70. The molecular formula is C18H19N3O4S. The maximum atomic E-state index is 12.8. The third kappa shape index (κ3) is 2.77. The van der Waals surface area contributed by atoms with Crippen LogP contribution in [0.3, 0.4) is 0 Å².